The van der Waals surface area contributed by atoms with E-state index in [9.17, 15) is 4.79 Å². The number of nitrogens with zero attached hydrogens (tertiary/aromatic N) is 2. The van der Waals surface area contributed by atoms with Crippen molar-refractivity contribution >= 4 is 17.3 Å². The molecule has 0 bridgehead atoms. The van der Waals surface area contributed by atoms with Gasteiger partial charge in [0.2, 0.25) is 0 Å². The minimum atomic E-state index is -0.200. The third kappa shape index (κ3) is 2.72. The van der Waals surface area contributed by atoms with Gasteiger partial charge in [-0.1, -0.05) is 6.07 Å². The molecule has 0 radical (unpaired) electrons. The second-order valence-electron chi connectivity index (χ2n) is 5.41. The zero-order chi connectivity index (χ0) is 13.9. The van der Waals surface area contributed by atoms with Crippen LogP contribution in [0.25, 0.3) is 0 Å². The summed E-state index contributed by atoms with van der Waals surface area (Å²) in [6.07, 6.45) is 1.67. The van der Waals surface area contributed by atoms with Gasteiger partial charge in [-0.15, -0.1) is 0 Å². The van der Waals surface area contributed by atoms with Gasteiger partial charge < -0.3 is 20.3 Å². The summed E-state index contributed by atoms with van der Waals surface area (Å²) in [6, 6.07) is 7.90. The molecule has 20 heavy (non-hydrogen) atoms. The summed E-state index contributed by atoms with van der Waals surface area (Å²) in [4.78, 5) is 16.5. The van der Waals surface area contributed by atoms with Crippen LogP contribution in [0.2, 0.25) is 0 Å². The van der Waals surface area contributed by atoms with E-state index in [0.717, 1.165) is 57.0 Å². The van der Waals surface area contributed by atoms with E-state index in [4.69, 9.17) is 10.5 Å². The Bertz CT molecular complexity index is 478. The fourth-order valence-electron chi connectivity index (χ4n) is 2.88. The smallest absolute Gasteiger partial charge is 0.251 e. The van der Waals surface area contributed by atoms with Crippen LogP contribution in [-0.2, 0) is 9.53 Å². The van der Waals surface area contributed by atoms with Crippen molar-refractivity contribution in [3.05, 3.63) is 24.3 Å². The monoisotopic (exact) mass is 275 g/mol. The van der Waals surface area contributed by atoms with Crippen molar-refractivity contribution in [3.63, 3.8) is 0 Å². The van der Waals surface area contributed by atoms with Crippen LogP contribution in [0.4, 0.5) is 11.4 Å². The van der Waals surface area contributed by atoms with Gasteiger partial charge in [0.05, 0.1) is 0 Å². The van der Waals surface area contributed by atoms with Crippen molar-refractivity contribution in [3.8, 4) is 0 Å². The van der Waals surface area contributed by atoms with E-state index < -0.39 is 0 Å². The van der Waals surface area contributed by atoms with E-state index >= 15 is 0 Å². The molecule has 1 unspecified atom stereocenters. The summed E-state index contributed by atoms with van der Waals surface area (Å²) >= 11 is 0. The zero-order valence-electron chi connectivity index (χ0n) is 11.6. The predicted octanol–water partition coefficient (Wildman–Crippen LogP) is 1.10. The Kier molecular flexibility index (Phi) is 3.78. The van der Waals surface area contributed by atoms with Gasteiger partial charge in [-0.3, -0.25) is 4.79 Å². The Morgan fingerprint density at radius 1 is 1.25 bits per heavy atom. The molecule has 5 heteroatoms. The normalized spacial score (nSPS) is 23.1. The van der Waals surface area contributed by atoms with E-state index in [1.807, 2.05) is 23.1 Å². The molecule has 3 rings (SSSR count). The molecule has 2 aliphatic rings. The minimum absolute atomic E-state index is 0.162. The van der Waals surface area contributed by atoms with Crippen LogP contribution in [0.15, 0.2) is 24.3 Å². The average molecular weight is 275 g/mol. The van der Waals surface area contributed by atoms with Crippen LogP contribution in [-0.4, -0.2) is 49.7 Å². The average Bonchev–Trinajstić information content (AvgIpc) is 3.01. The molecular weight excluding hydrogens is 254 g/mol. The second-order valence-corrected chi connectivity index (χ2v) is 5.41. The van der Waals surface area contributed by atoms with Gasteiger partial charge >= 0.3 is 0 Å². The first-order chi connectivity index (χ1) is 9.74. The number of ether oxygens (including phenoxy) is 1. The largest absolute Gasteiger partial charge is 0.399 e. The van der Waals surface area contributed by atoms with E-state index in [1.54, 1.807) is 0 Å². The fourth-order valence-corrected chi connectivity index (χ4v) is 2.88. The molecule has 0 aliphatic carbocycles. The van der Waals surface area contributed by atoms with Crippen LogP contribution in [0.3, 0.4) is 0 Å². The third-order valence-corrected chi connectivity index (χ3v) is 4.03. The molecule has 2 aliphatic heterocycles. The Labute approximate surface area is 119 Å². The van der Waals surface area contributed by atoms with Gasteiger partial charge in [-0.05, 0) is 31.0 Å². The molecule has 2 fully saturated rings. The lowest BCUT2D eigenvalue weighted by Crippen LogP contribution is -2.51. The molecule has 0 spiro atoms. The number of rotatable bonds is 2. The Balaban J connectivity index is 1.58. The molecule has 0 saturated carbocycles. The lowest BCUT2D eigenvalue weighted by Gasteiger charge is -2.37. The third-order valence-electron chi connectivity index (χ3n) is 4.03. The number of carbonyl (C=O) groups is 1. The van der Waals surface area contributed by atoms with E-state index in [-0.39, 0.29) is 12.0 Å². The van der Waals surface area contributed by atoms with Crippen molar-refractivity contribution in [1.29, 1.82) is 0 Å². The van der Waals surface area contributed by atoms with Crippen molar-refractivity contribution in [1.82, 2.24) is 4.90 Å². The number of hydrogen-bond acceptors (Lipinski definition) is 4. The number of anilines is 2. The zero-order valence-corrected chi connectivity index (χ0v) is 11.6. The quantitative estimate of drug-likeness (QED) is 0.821. The maximum Gasteiger partial charge on any atom is 0.251 e. The number of carbonyl (C=O) groups excluding carboxylic acids is 1. The van der Waals surface area contributed by atoms with Crippen LogP contribution in [0, 0.1) is 0 Å². The Hall–Kier alpha value is -1.75. The molecule has 1 aromatic rings. The number of piperazine rings is 1. The van der Waals surface area contributed by atoms with Crippen molar-refractivity contribution < 1.29 is 9.53 Å². The summed E-state index contributed by atoms with van der Waals surface area (Å²) in [5.41, 5.74) is 7.73. The molecule has 1 amide bonds. The number of nitrogens with two attached hydrogens (primary N) is 1. The van der Waals surface area contributed by atoms with Gasteiger partial charge in [-0.2, -0.15) is 0 Å². The molecule has 2 heterocycles. The van der Waals surface area contributed by atoms with Crippen LogP contribution in [0.5, 0.6) is 0 Å². The van der Waals surface area contributed by atoms with Crippen LogP contribution >= 0.6 is 0 Å². The lowest BCUT2D eigenvalue weighted by molar-refractivity contribution is -0.141. The first-order valence-corrected chi connectivity index (χ1v) is 7.25. The molecule has 2 N–H and O–H groups in total. The molecule has 2 saturated heterocycles. The van der Waals surface area contributed by atoms with Gasteiger partial charge in [0.15, 0.2) is 0 Å². The van der Waals surface area contributed by atoms with E-state index in [0.29, 0.717) is 0 Å². The summed E-state index contributed by atoms with van der Waals surface area (Å²) in [5.74, 6) is 0.162. The summed E-state index contributed by atoms with van der Waals surface area (Å²) < 4.78 is 5.47. The first-order valence-electron chi connectivity index (χ1n) is 7.25. The fraction of sp³-hybridized carbons (Fsp3) is 0.533. The molecule has 1 aromatic carbocycles. The Morgan fingerprint density at radius 3 is 2.70 bits per heavy atom. The number of benzene rings is 1. The maximum absolute atomic E-state index is 12.3. The standard InChI is InChI=1S/C15H21N3O2/c16-12-3-1-4-13(11-12)17-6-8-18(9-7-17)15(19)14-5-2-10-20-14/h1,3-4,11,14H,2,5-10,16H2. The minimum Gasteiger partial charge on any atom is -0.399 e. The molecule has 108 valence electrons. The highest BCUT2D eigenvalue weighted by molar-refractivity contribution is 5.81. The highest BCUT2D eigenvalue weighted by Gasteiger charge is 2.30. The van der Waals surface area contributed by atoms with Crippen molar-refractivity contribution in [2.45, 2.75) is 18.9 Å². The van der Waals surface area contributed by atoms with Gasteiger partial charge in [-0.25, -0.2) is 0 Å². The van der Waals surface area contributed by atoms with Crippen LogP contribution < -0.4 is 10.6 Å². The summed E-state index contributed by atoms with van der Waals surface area (Å²) in [5, 5.41) is 0. The molecular formula is C15H21N3O2. The SMILES string of the molecule is Nc1cccc(N2CCN(C(=O)C3CCCO3)CC2)c1. The lowest BCUT2D eigenvalue weighted by atomic mass is 10.2. The summed E-state index contributed by atoms with van der Waals surface area (Å²) in [7, 11) is 0. The molecule has 1 atom stereocenters. The highest BCUT2D eigenvalue weighted by atomic mass is 16.5. The van der Waals surface area contributed by atoms with E-state index in [2.05, 4.69) is 11.0 Å². The topological polar surface area (TPSA) is 58.8 Å². The second kappa shape index (κ2) is 5.71. The van der Waals surface area contributed by atoms with Crippen LogP contribution in [0.1, 0.15) is 12.8 Å². The number of amides is 1. The maximum atomic E-state index is 12.3. The Morgan fingerprint density at radius 2 is 2.05 bits per heavy atom. The number of nitrogen functional groups attached to an aromatic ring is 1. The van der Waals surface area contributed by atoms with E-state index in [1.165, 1.54) is 0 Å². The van der Waals surface area contributed by atoms with Gasteiger partial charge in [0.1, 0.15) is 6.10 Å². The number of hydrogen-bond donors (Lipinski definition) is 1. The van der Waals surface area contributed by atoms with Crippen molar-refractivity contribution in [2.75, 3.05) is 43.4 Å². The molecule has 0 aromatic heterocycles. The van der Waals surface area contributed by atoms with Crippen molar-refractivity contribution in [2.24, 2.45) is 0 Å². The molecule has 5 nitrogen and oxygen atoms in total. The first kappa shape index (κ1) is 13.2. The highest BCUT2D eigenvalue weighted by Crippen LogP contribution is 2.21. The van der Waals surface area contributed by atoms with Gasteiger partial charge in [0, 0.05) is 44.2 Å². The predicted molar refractivity (Wildman–Crippen MR) is 78.6 cm³/mol. The van der Waals surface area contributed by atoms with Gasteiger partial charge in [0.25, 0.3) is 5.91 Å². The summed E-state index contributed by atoms with van der Waals surface area (Å²) in [6.45, 7) is 3.93.